The van der Waals surface area contributed by atoms with Crippen LogP contribution in [-0.4, -0.2) is 75.9 Å². The Bertz CT molecular complexity index is 971. The number of aromatic hydroxyl groups is 1. The van der Waals surface area contributed by atoms with Crippen LogP contribution in [0.25, 0.3) is 0 Å². The maximum atomic E-state index is 13.0. The van der Waals surface area contributed by atoms with E-state index in [-0.39, 0.29) is 29.2 Å². The number of nitrogens with zero attached hydrogens (tertiary/aromatic N) is 3. The minimum atomic E-state index is -3.22. The molecule has 2 aliphatic heterocycles. The molecule has 27 heavy (non-hydrogen) atoms. The van der Waals surface area contributed by atoms with E-state index in [0.29, 0.717) is 25.2 Å². The highest BCUT2D eigenvalue weighted by Gasteiger charge is 2.48. The van der Waals surface area contributed by atoms with Gasteiger partial charge in [0.2, 0.25) is 0 Å². The molecule has 2 N–H and O–H groups in total. The third kappa shape index (κ3) is 3.44. The third-order valence-electron chi connectivity index (χ3n) is 5.43. The quantitative estimate of drug-likeness (QED) is 0.793. The minimum absolute atomic E-state index is 0.0177. The number of piperazine rings is 1. The SMILES string of the molecule is Cc1[nH]cnc1CN1CCN(C(=O)c2cccc(O)c2)[C@H]2CS(=O)(=O)C[C@H]21. The van der Waals surface area contributed by atoms with E-state index < -0.39 is 15.9 Å². The maximum Gasteiger partial charge on any atom is 0.254 e. The second-order valence-electron chi connectivity index (χ2n) is 7.21. The van der Waals surface area contributed by atoms with E-state index in [1.54, 1.807) is 23.4 Å². The Morgan fingerprint density at radius 3 is 2.78 bits per heavy atom. The van der Waals surface area contributed by atoms with Crippen molar-refractivity contribution in [2.24, 2.45) is 0 Å². The molecule has 0 radical (unpaired) electrons. The monoisotopic (exact) mass is 390 g/mol. The molecule has 0 saturated carbocycles. The van der Waals surface area contributed by atoms with Crippen molar-refractivity contribution in [3.8, 4) is 5.75 Å². The summed E-state index contributed by atoms with van der Waals surface area (Å²) >= 11 is 0. The zero-order chi connectivity index (χ0) is 19.2. The Morgan fingerprint density at radius 2 is 2.07 bits per heavy atom. The first-order valence-corrected chi connectivity index (χ1v) is 10.7. The highest BCUT2D eigenvalue weighted by Crippen LogP contribution is 2.29. The second-order valence-corrected chi connectivity index (χ2v) is 9.36. The van der Waals surface area contributed by atoms with Crippen molar-refractivity contribution in [1.82, 2.24) is 19.8 Å². The summed E-state index contributed by atoms with van der Waals surface area (Å²) in [7, 11) is -3.22. The number of imidazole rings is 1. The number of carbonyl (C=O) groups is 1. The summed E-state index contributed by atoms with van der Waals surface area (Å²) in [5.74, 6) is -0.207. The van der Waals surface area contributed by atoms with Crippen molar-refractivity contribution in [2.45, 2.75) is 25.6 Å². The Labute approximate surface area is 157 Å². The summed E-state index contributed by atoms with van der Waals surface area (Å²) in [5, 5.41) is 9.66. The molecule has 1 amide bonds. The zero-order valence-corrected chi connectivity index (χ0v) is 15.8. The van der Waals surface area contributed by atoms with Crippen LogP contribution in [0.15, 0.2) is 30.6 Å². The predicted octanol–water partition coefficient (Wildman–Crippen LogP) is 0.547. The first kappa shape index (κ1) is 18.0. The van der Waals surface area contributed by atoms with Gasteiger partial charge in [-0.3, -0.25) is 9.69 Å². The molecule has 2 aliphatic rings. The summed E-state index contributed by atoms with van der Waals surface area (Å²) in [4.78, 5) is 24.1. The number of aryl methyl sites for hydroxylation is 1. The van der Waals surface area contributed by atoms with Gasteiger partial charge < -0.3 is 15.0 Å². The van der Waals surface area contributed by atoms with Crippen molar-refractivity contribution >= 4 is 15.7 Å². The highest BCUT2D eigenvalue weighted by molar-refractivity contribution is 7.91. The van der Waals surface area contributed by atoms with Gasteiger partial charge in [-0.1, -0.05) is 6.07 Å². The minimum Gasteiger partial charge on any atom is -0.508 e. The number of aromatic nitrogens is 2. The number of hydrogen-bond acceptors (Lipinski definition) is 6. The number of fused-ring (bicyclic) bond motifs is 1. The van der Waals surface area contributed by atoms with E-state index >= 15 is 0 Å². The predicted molar refractivity (Wildman–Crippen MR) is 99.1 cm³/mol. The fraction of sp³-hybridized carbons (Fsp3) is 0.444. The molecule has 1 aromatic carbocycles. The molecule has 0 aliphatic carbocycles. The third-order valence-corrected chi connectivity index (χ3v) is 7.13. The maximum absolute atomic E-state index is 13.0. The smallest absolute Gasteiger partial charge is 0.254 e. The Balaban J connectivity index is 1.60. The molecule has 2 atom stereocenters. The highest BCUT2D eigenvalue weighted by atomic mass is 32.2. The van der Waals surface area contributed by atoms with E-state index in [4.69, 9.17) is 0 Å². The van der Waals surface area contributed by atoms with Crippen LogP contribution in [-0.2, 0) is 16.4 Å². The van der Waals surface area contributed by atoms with Crippen LogP contribution >= 0.6 is 0 Å². The number of amides is 1. The van der Waals surface area contributed by atoms with Crippen molar-refractivity contribution in [2.75, 3.05) is 24.6 Å². The van der Waals surface area contributed by atoms with Crippen LogP contribution in [0.1, 0.15) is 21.7 Å². The summed E-state index contributed by atoms with van der Waals surface area (Å²) in [6.07, 6.45) is 1.63. The van der Waals surface area contributed by atoms with Crippen LogP contribution in [0, 0.1) is 6.92 Å². The van der Waals surface area contributed by atoms with Crippen molar-refractivity contribution < 1.29 is 18.3 Å². The Hall–Kier alpha value is -2.39. The van der Waals surface area contributed by atoms with E-state index in [1.165, 1.54) is 12.1 Å². The van der Waals surface area contributed by atoms with Gasteiger partial charge in [-0.25, -0.2) is 13.4 Å². The molecule has 0 unspecified atom stereocenters. The number of benzene rings is 1. The Kier molecular flexibility index (Phi) is 4.43. The summed E-state index contributed by atoms with van der Waals surface area (Å²) < 4.78 is 24.7. The van der Waals surface area contributed by atoms with Gasteiger partial charge in [0.25, 0.3) is 5.91 Å². The lowest BCUT2D eigenvalue weighted by Gasteiger charge is -2.43. The van der Waals surface area contributed by atoms with Crippen molar-refractivity contribution in [3.05, 3.63) is 47.5 Å². The van der Waals surface area contributed by atoms with Crippen molar-refractivity contribution in [3.63, 3.8) is 0 Å². The number of hydrogen-bond donors (Lipinski definition) is 2. The van der Waals surface area contributed by atoms with E-state index in [2.05, 4.69) is 14.9 Å². The largest absolute Gasteiger partial charge is 0.508 e. The topological polar surface area (TPSA) is 107 Å². The molecule has 2 saturated heterocycles. The van der Waals surface area contributed by atoms with E-state index in [1.807, 2.05) is 6.92 Å². The number of sulfone groups is 1. The molecule has 8 nitrogen and oxygen atoms in total. The summed E-state index contributed by atoms with van der Waals surface area (Å²) in [5.41, 5.74) is 2.23. The number of aromatic amines is 1. The van der Waals surface area contributed by atoms with Gasteiger partial charge in [0.1, 0.15) is 5.75 Å². The van der Waals surface area contributed by atoms with Gasteiger partial charge in [-0.05, 0) is 25.1 Å². The molecule has 3 heterocycles. The van der Waals surface area contributed by atoms with Gasteiger partial charge in [0.05, 0.1) is 29.6 Å². The normalized spacial score (nSPS) is 24.7. The second kappa shape index (κ2) is 6.65. The first-order valence-electron chi connectivity index (χ1n) is 8.87. The number of phenols is 1. The van der Waals surface area contributed by atoms with Crippen LogP contribution < -0.4 is 0 Å². The van der Waals surface area contributed by atoms with Crippen LogP contribution in [0.3, 0.4) is 0 Å². The molecule has 0 bridgehead atoms. The van der Waals surface area contributed by atoms with Crippen molar-refractivity contribution in [1.29, 1.82) is 0 Å². The molecule has 144 valence electrons. The van der Waals surface area contributed by atoms with Gasteiger partial charge in [-0.2, -0.15) is 0 Å². The average molecular weight is 390 g/mol. The molecule has 2 fully saturated rings. The first-order chi connectivity index (χ1) is 12.8. The molecule has 9 heteroatoms. The number of H-pyrrole nitrogens is 1. The fourth-order valence-corrected chi connectivity index (χ4v) is 6.03. The molecule has 4 rings (SSSR count). The molecular formula is C18H22N4O4S. The van der Waals surface area contributed by atoms with E-state index in [0.717, 1.165) is 11.4 Å². The number of carbonyl (C=O) groups excluding carboxylic acids is 1. The molecule has 2 aromatic rings. The number of phenolic OH excluding ortho intramolecular Hbond substituents is 1. The lowest BCUT2D eigenvalue weighted by Crippen LogP contribution is -2.60. The van der Waals surface area contributed by atoms with Gasteiger partial charge in [0, 0.05) is 36.9 Å². The van der Waals surface area contributed by atoms with Crippen LogP contribution in [0.5, 0.6) is 5.75 Å². The average Bonchev–Trinajstić information content (AvgIpc) is 3.16. The number of rotatable bonds is 3. The molecular weight excluding hydrogens is 368 g/mol. The van der Waals surface area contributed by atoms with Crippen LogP contribution in [0.4, 0.5) is 0 Å². The fourth-order valence-electron chi connectivity index (χ4n) is 4.02. The van der Waals surface area contributed by atoms with Gasteiger partial charge in [-0.15, -0.1) is 0 Å². The standard InChI is InChI=1S/C18H22N4O4S/c1-12-15(20-11-19-12)8-21-5-6-22(17-10-27(25,26)9-16(17)21)18(24)13-3-2-4-14(23)7-13/h2-4,7,11,16-17,23H,5-6,8-10H2,1H3,(H,19,20)/t16-,17+/m1/s1. The van der Waals surface area contributed by atoms with E-state index in [9.17, 15) is 18.3 Å². The Morgan fingerprint density at radius 1 is 1.30 bits per heavy atom. The molecule has 1 aromatic heterocycles. The number of nitrogens with one attached hydrogen (secondary N) is 1. The lowest BCUT2D eigenvalue weighted by molar-refractivity contribution is 0.0302. The van der Waals surface area contributed by atoms with Gasteiger partial charge in [0.15, 0.2) is 9.84 Å². The summed E-state index contributed by atoms with van der Waals surface area (Å²) in [6, 6.07) is 5.53. The zero-order valence-electron chi connectivity index (χ0n) is 15.0. The summed E-state index contributed by atoms with van der Waals surface area (Å²) in [6.45, 7) is 3.51. The van der Waals surface area contributed by atoms with Crippen LogP contribution in [0.2, 0.25) is 0 Å². The molecule has 0 spiro atoms. The van der Waals surface area contributed by atoms with Gasteiger partial charge >= 0.3 is 0 Å². The lowest BCUT2D eigenvalue weighted by atomic mass is 10.0.